The highest BCUT2D eigenvalue weighted by molar-refractivity contribution is 5.47. The van der Waals surface area contributed by atoms with Gasteiger partial charge in [0, 0.05) is 18.2 Å². The third-order valence-electron chi connectivity index (χ3n) is 2.66. The lowest BCUT2D eigenvalue weighted by molar-refractivity contribution is 0.368. The van der Waals surface area contributed by atoms with Crippen molar-refractivity contribution >= 4 is 5.69 Å². The predicted molar refractivity (Wildman–Crippen MR) is 73.0 cm³/mol. The van der Waals surface area contributed by atoms with Gasteiger partial charge >= 0.3 is 0 Å². The molecule has 1 aromatic heterocycles. The number of hydrogen-bond donors (Lipinski definition) is 1. The lowest BCUT2D eigenvalue weighted by Gasteiger charge is -2.14. The monoisotopic (exact) mass is 256 g/mol. The van der Waals surface area contributed by atoms with Gasteiger partial charge in [-0.2, -0.15) is 5.26 Å². The van der Waals surface area contributed by atoms with Gasteiger partial charge in [0.05, 0.1) is 6.26 Å². The van der Waals surface area contributed by atoms with E-state index >= 15 is 0 Å². The van der Waals surface area contributed by atoms with Crippen molar-refractivity contribution in [3.8, 4) is 11.8 Å². The van der Waals surface area contributed by atoms with E-state index in [1.165, 1.54) is 0 Å². The molecular formula is C15H16N2O2. The third kappa shape index (κ3) is 4.07. The van der Waals surface area contributed by atoms with Gasteiger partial charge in [0.25, 0.3) is 0 Å². The Morgan fingerprint density at radius 3 is 2.74 bits per heavy atom. The fourth-order valence-electron chi connectivity index (χ4n) is 1.83. The number of ether oxygens (including phenoxy) is 1. The maximum absolute atomic E-state index is 8.43. The SMILES string of the molecule is CC(Cc1ccco1)Nc1ccc(OCC#N)cc1. The van der Waals surface area contributed by atoms with Crippen LogP contribution in [-0.2, 0) is 6.42 Å². The molecule has 0 amide bonds. The molecule has 0 aliphatic rings. The van der Waals surface area contributed by atoms with Crippen molar-refractivity contribution in [2.75, 3.05) is 11.9 Å². The van der Waals surface area contributed by atoms with E-state index in [0.29, 0.717) is 5.75 Å². The quantitative estimate of drug-likeness (QED) is 0.862. The average Bonchev–Trinajstić information content (AvgIpc) is 2.90. The second-order valence-corrected chi connectivity index (χ2v) is 4.30. The van der Waals surface area contributed by atoms with Crippen molar-refractivity contribution in [2.24, 2.45) is 0 Å². The van der Waals surface area contributed by atoms with Crippen LogP contribution in [0.2, 0.25) is 0 Å². The van der Waals surface area contributed by atoms with E-state index in [4.69, 9.17) is 14.4 Å². The van der Waals surface area contributed by atoms with Gasteiger partial charge in [-0.3, -0.25) is 0 Å². The zero-order chi connectivity index (χ0) is 13.5. The molecule has 98 valence electrons. The molecule has 1 aromatic carbocycles. The molecule has 1 unspecified atom stereocenters. The molecular weight excluding hydrogens is 240 g/mol. The zero-order valence-electron chi connectivity index (χ0n) is 10.8. The average molecular weight is 256 g/mol. The normalized spacial score (nSPS) is 11.6. The van der Waals surface area contributed by atoms with Crippen LogP contribution in [0.25, 0.3) is 0 Å². The van der Waals surface area contributed by atoms with Gasteiger partial charge in [0.2, 0.25) is 0 Å². The number of nitrogens with one attached hydrogen (secondary N) is 1. The highest BCUT2D eigenvalue weighted by Gasteiger charge is 2.05. The number of anilines is 1. The van der Waals surface area contributed by atoms with Crippen LogP contribution in [0.5, 0.6) is 5.75 Å². The number of benzene rings is 1. The van der Waals surface area contributed by atoms with Crippen LogP contribution >= 0.6 is 0 Å². The summed E-state index contributed by atoms with van der Waals surface area (Å²) in [7, 11) is 0. The smallest absolute Gasteiger partial charge is 0.174 e. The minimum Gasteiger partial charge on any atom is -0.479 e. The van der Waals surface area contributed by atoms with Crippen molar-refractivity contribution < 1.29 is 9.15 Å². The molecule has 0 fully saturated rings. The Kier molecular flexibility index (Phi) is 4.46. The molecule has 1 N–H and O–H groups in total. The summed E-state index contributed by atoms with van der Waals surface area (Å²) in [5.74, 6) is 1.67. The molecule has 2 aromatic rings. The Morgan fingerprint density at radius 2 is 2.11 bits per heavy atom. The standard InChI is InChI=1S/C15H16N2O2/c1-12(11-15-3-2-9-18-15)17-13-4-6-14(7-5-13)19-10-8-16/h2-7,9,12,17H,10-11H2,1H3. The van der Waals surface area contributed by atoms with E-state index in [-0.39, 0.29) is 12.6 Å². The van der Waals surface area contributed by atoms with Gasteiger partial charge in [0.15, 0.2) is 6.61 Å². The molecule has 0 aliphatic carbocycles. The second-order valence-electron chi connectivity index (χ2n) is 4.30. The maximum Gasteiger partial charge on any atom is 0.174 e. The van der Waals surface area contributed by atoms with Gasteiger partial charge < -0.3 is 14.5 Å². The highest BCUT2D eigenvalue weighted by Crippen LogP contribution is 2.17. The number of hydrogen-bond acceptors (Lipinski definition) is 4. The molecule has 19 heavy (non-hydrogen) atoms. The van der Waals surface area contributed by atoms with Gasteiger partial charge in [-0.05, 0) is 43.3 Å². The molecule has 4 nitrogen and oxygen atoms in total. The van der Waals surface area contributed by atoms with Crippen LogP contribution < -0.4 is 10.1 Å². The summed E-state index contributed by atoms with van der Waals surface area (Å²) >= 11 is 0. The second kappa shape index (κ2) is 6.50. The first-order chi connectivity index (χ1) is 9.28. The van der Waals surface area contributed by atoms with Crippen LogP contribution in [0, 0.1) is 11.3 Å². The molecule has 0 bridgehead atoms. The highest BCUT2D eigenvalue weighted by atomic mass is 16.5. The van der Waals surface area contributed by atoms with Crippen LogP contribution in [0.1, 0.15) is 12.7 Å². The van der Waals surface area contributed by atoms with Crippen molar-refractivity contribution in [3.63, 3.8) is 0 Å². The van der Waals surface area contributed by atoms with E-state index in [9.17, 15) is 0 Å². The first-order valence-electron chi connectivity index (χ1n) is 6.16. The minimum absolute atomic E-state index is 0.0711. The summed E-state index contributed by atoms with van der Waals surface area (Å²) < 4.78 is 10.5. The lowest BCUT2D eigenvalue weighted by atomic mass is 10.2. The van der Waals surface area contributed by atoms with Crippen molar-refractivity contribution in [1.29, 1.82) is 5.26 Å². The zero-order valence-corrected chi connectivity index (χ0v) is 10.8. The number of nitriles is 1. The van der Waals surface area contributed by atoms with E-state index in [1.54, 1.807) is 6.26 Å². The fraction of sp³-hybridized carbons (Fsp3) is 0.267. The van der Waals surface area contributed by atoms with Crippen molar-refractivity contribution in [1.82, 2.24) is 0 Å². The molecule has 1 atom stereocenters. The van der Waals surface area contributed by atoms with Crippen molar-refractivity contribution in [2.45, 2.75) is 19.4 Å². The summed E-state index contributed by atoms with van der Waals surface area (Å²) in [6, 6.07) is 13.6. The topological polar surface area (TPSA) is 58.2 Å². The van der Waals surface area contributed by atoms with Crippen LogP contribution in [0.4, 0.5) is 5.69 Å². The lowest BCUT2D eigenvalue weighted by Crippen LogP contribution is -2.17. The Bertz CT molecular complexity index is 526. The van der Waals surface area contributed by atoms with E-state index < -0.39 is 0 Å². The van der Waals surface area contributed by atoms with E-state index in [1.807, 2.05) is 42.5 Å². The Balaban J connectivity index is 1.87. The van der Waals surface area contributed by atoms with E-state index in [2.05, 4.69) is 12.2 Å². The summed E-state index contributed by atoms with van der Waals surface area (Å²) in [6.45, 7) is 2.17. The van der Waals surface area contributed by atoms with Crippen LogP contribution in [-0.4, -0.2) is 12.6 Å². The molecule has 1 heterocycles. The van der Waals surface area contributed by atoms with Crippen molar-refractivity contribution in [3.05, 3.63) is 48.4 Å². The number of nitrogens with zero attached hydrogens (tertiary/aromatic N) is 1. The van der Waals surface area contributed by atoms with Gasteiger partial charge in [-0.1, -0.05) is 0 Å². The molecule has 0 saturated carbocycles. The first kappa shape index (κ1) is 13.0. The Morgan fingerprint density at radius 1 is 1.32 bits per heavy atom. The molecule has 0 radical (unpaired) electrons. The maximum atomic E-state index is 8.43. The molecule has 0 saturated heterocycles. The van der Waals surface area contributed by atoms with Gasteiger partial charge in [-0.25, -0.2) is 0 Å². The van der Waals surface area contributed by atoms with Crippen LogP contribution in [0.15, 0.2) is 47.1 Å². The van der Waals surface area contributed by atoms with E-state index in [0.717, 1.165) is 17.9 Å². The predicted octanol–water partition coefficient (Wildman–Crippen LogP) is 3.23. The first-order valence-corrected chi connectivity index (χ1v) is 6.16. The molecule has 2 rings (SSSR count). The summed E-state index contributed by atoms with van der Waals surface area (Å²) in [5, 5.41) is 11.8. The van der Waals surface area contributed by atoms with Gasteiger partial charge in [-0.15, -0.1) is 0 Å². The Hall–Kier alpha value is -2.41. The molecule has 0 spiro atoms. The van der Waals surface area contributed by atoms with Gasteiger partial charge in [0.1, 0.15) is 17.6 Å². The molecule has 4 heteroatoms. The largest absolute Gasteiger partial charge is 0.479 e. The Labute approximate surface area is 112 Å². The minimum atomic E-state index is 0.0711. The number of rotatable bonds is 6. The third-order valence-corrected chi connectivity index (χ3v) is 2.66. The fourth-order valence-corrected chi connectivity index (χ4v) is 1.83. The summed E-state index contributed by atoms with van der Waals surface area (Å²) in [4.78, 5) is 0. The summed E-state index contributed by atoms with van der Waals surface area (Å²) in [6.07, 6.45) is 2.52. The summed E-state index contributed by atoms with van der Waals surface area (Å²) in [5.41, 5.74) is 1.02. The number of furan rings is 1. The molecule has 0 aliphatic heterocycles. The van der Waals surface area contributed by atoms with Crippen LogP contribution in [0.3, 0.4) is 0 Å².